The van der Waals surface area contributed by atoms with Gasteiger partial charge in [-0.05, 0) is 101 Å². The van der Waals surface area contributed by atoms with Crippen LogP contribution in [-0.2, 0) is 0 Å². The number of hydrogen-bond donors (Lipinski definition) is 0. The number of furan rings is 1. The molecule has 0 amide bonds. The lowest BCUT2D eigenvalue weighted by Gasteiger charge is -2.21. The van der Waals surface area contributed by atoms with Gasteiger partial charge >= 0.3 is 0 Å². The SMILES string of the molecule is c1ccc(-c2ccc3ccc(-c4ccccc4)c(-c4c5ccccc5c(-c5ccc6c(c5)oc5ccccc56)c5ccccc45)c3c2)cc1. The minimum Gasteiger partial charge on any atom is -0.456 e. The minimum absolute atomic E-state index is 0.907. The molecule has 10 rings (SSSR count). The van der Waals surface area contributed by atoms with E-state index in [0.29, 0.717) is 0 Å². The predicted octanol–water partition coefficient (Wildman–Crippen LogP) is 13.7. The highest BCUT2D eigenvalue weighted by molar-refractivity contribution is 6.25. The lowest BCUT2D eigenvalue weighted by molar-refractivity contribution is 0.669. The summed E-state index contributed by atoms with van der Waals surface area (Å²) in [6, 6.07) is 65.9. The third-order valence-corrected chi connectivity index (χ3v) is 10.1. The monoisotopic (exact) mass is 622 g/mol. The van der Waals surface area contributed by atoms with E-state index in [1.54, 1.807) is 0 Å². The Labute approximate surface area is 284 Å². The summed E-state index contributed by atoms with van der Waals surface area (Å²) in [4.78, 5) is 0. The molecule has 1 nitrogen and oxygen atoms in total. The second kappa shape index (κ2) is 11.1. The molecule has 0 saturated heterocycles. The van der Waals surface area contributed by atoms with E-state index in [0.717, 1.165) is 27.5 Å². The van der Waals surface area contributed by atoms with Crippen LogP contribution in [0.5, 0.6) is 0 Å². The van der Waals surface area contributed by atoms with Gasteiger partial charge in [0.05, 0.1) is 0 Å². The summed E-state index contributed by atoms with van der Waals surface area (Å²) in [6.45, 7) is 0. The van der Waals surface area contributed by atoms with Crippen LogP contribution in [0.1, 0.15) is 0 Å². The normalized spacial score (nSPS) is 11.7. The second-order valence-corrected chi connectivity index (χ2v) is 12.8. The molecule has 0 bridgehead atoms. The Hall–Kier alpha value is -6.44. The molecule has 1 aromatic heterocycles. The summed E-state index contributed by atoms with van der Waals surface area (Å²) in [5.41, 5.74) is 11.6. The largest absolute Gasteiger partial charge is 0.456 e. The number of benzene rings is 9. The van der Waals surface area contributed by atoms with Gasteiger partial charge in [-0.3, -0.25) is 0 Å². The fourth-order valence-electron chi connectivity index (χ4n) is 7.85. The van der Waals surface area contributed by atoms with Gasteiger partial charge < -0.3 is 4.42 Å². The fourth-order valence-corrected chi connectivity index (χ4v) is 7.85. The van der Waals surface area contributed by atoms with Gasteiger partial charge in [-0.1, -0.05) is 158 Å². The van der Waals surface area contributed by atoms with E-state index in [9.17, 15) is 0 Å². The average Bonchev–Trinajstić information content (AvgIpc) is 3.55. The van der Waals surface area contributed by atoms with Crippen molar-refractivity contribution in [2.75, 3.05) is 0 Å². The molecule has 0 N–H and O–H groups in total. The molecular weight excluding hydrogens is 593 g/mol. The number of para-hydroxylation sites is 1. The Morgan fingerprint density at radius 3 is 1.49 bits per heavy atom. The maximum absolute atomic E-state index is 6.39. The maximum Gasteiger partial charge on any atom is 0.136 e. The molecule has 10 aromatic rings. The number of fused-ring (bicyclic) bond motifs is 6. The van der Waals surface area contributed by atoms with Crippen molar-refractivity contribution < 1.29 is 4.42 Å². The topological polar surface area (TPSA) is 13.1 Å². The van der Waals surface area contributed by atoms with Gasteiger partial charge in [0, 0.05) is 10.8 Å². The van der Waals surface area contributed by atoms with Crippen LogP contribution >= 0.6 is 0 Å². The van der Waals surface area contributed by atoms with E-state index in [1.165, 1.54) is 71.3 Å². The van der Waals surface area contributed by atoms with Crippen LogP contribution < -0.4 is 0 Å². The predicted molar refractivity (Wildman–Crippen MR) is 208 cm³/mol. The number of rotatable bonds is 4. The van der Waals surface area contributed by atoms with E-state index in [2.05, 4.69) is 170 Å². The molecule has 0 atom stereocenters. The zero-order valence-electron chi connectivity index (χ0n) is 26.7. The summed E-state index contributed by atoms with van der Waals surface area (Å²) in [5.74, 6) is 0. The van der Waals surface area contributed by atoms with Gasteiger partial charge in [0.15, 0.2) is 0 Å². The van der Waals surface area contributed by atoms with Crippen molar-refractivity contribution in [3.05, 3.63) is 182 Å². The molecule has 0 radical (unpaired) electrons. The Morgan fingerprint density at radius 1 is 0.265 bits per heavy atom. The molecule has 228 valence electrons. The second-order valence-electron chi connectivity index (χ2n) is 12.8. The van der Waals surface area contributed by atoms with E-state index in [1.807, 2.05) is 12.1 Å². The van der Waals surface area contributed by atoms with Crippen LogP contribution in [0, 0.1) is 0 Å². The standard InChI is InChI=1S/C48H30O/c1-3-13-31(14-4-1)34-24-23-33-25-27-36(32-15-5-2-6-16-32)47(43(33)29-34)48-41-20-9-7-18-39(41)46(40-19-8-10-21-42(40)48)35-26-28-38-37-17-11-12-22-44(37)49-45(38)30-35/h1-30H. The highest BCUT2D eigenvalue weighted by Gasteiger charge is 2.22. The van der Waals surface area contributed by atoms with Crippen LogP contribution in [0.15, 0.2) is 186 Å². The van der Waals surface area contributed by atoms with Crippen molar-refractivity contribution in [2.24, 2.45) is 0 Å². The molecule has 49 heavy (non-hydrogen) atoms. The molecular formula is C48H30O. The van der Waals surface area contributed by atoms with Gasteiger partial charge in [0.1, 0.15) is 11.2 Å². The lowest BCUT2D eigenvalue weighted by atomic mass is 9.81. The van der Waals surface area contributed by atoms with Crippen molar-refractivity contribution in [1.29, 1.82) is 0 Å². The van der Waals surface area contributed by atoms with Gasteiger partial charge in [-0.15, -0.1) is 0 Å². The molecule has 0 aliphatic carbocycles. The van der Waals surface area contributed by atoms with Crippen molar-refractivity contribution in [2.45, 2.75) is 0 Å². The smallest absolute Gasteiger partial charge is 0.136 e. The van der Waals surface area contributed by atoms with E-state index in [4.69, 9.17) is 4.42 Å². The third kappa shape index (κ3) is 4.40. The molecule has 0 aliphatic heterocycles. The number of hydrogen-bond acceptors (Lipinski definition) is 1. The van der Waals surface area contributed by atoms with E-state index < -0.39 is 0 Å². The molecule has 1 heterocycles. The first kappa shape index (κ1) is 27.7. The molecule has 0 unspecified atom stereocenters. The van der Waals surface area contributed by atoms with Crippen molar-refractivity contribution in [3.63, 3.8) is 0 Å². The molecule has 0 spiro atoms. The van der Waals surface area contributed by atoms with Crippen molar-refractivity contribution in [1.82, 2.24) is 0 Å². The maximum atomic E-state index is 6.39. The Balaban J connectivity index is 1.33. The first-order chi connectivity index (χ1) is 24.3. The summed E-state index contributed by atoms with van der Waals surface area (Å²) in [7, 11) is 0. The van der Waals surface area contributed by atoms with Crippen LogP contribution in [-0.4, -0.2) is 0 Å². The van der Waals surface area contributed by atoms with Crippen molar-refractivity contribution in [3.8, 4) is 44.5 Å². The lowest BCUT2D eigenvalue weighted by Crippen LogP contribution is -1.94. The molecule has 0 fully saturated rings. The van der Waals surface area contributed by atoms with Gasteiger partial charge in [-0.25, -0.2) is 0 Å². The van der Waals surface area contributed by atoms with E-state index in [-0.39, 0.29) is 0 Å². The van der Waals surface area contributed by atoms with E-state index >= 15 is 0 Å². The van der Waals surface area contributed by atoms with Crippen LogP contribution in [0.2, 0.25) is 0 Å². The highest BCUT2D eigenvalue weighted by Crippen LogP contribution is 2.49. The van der Waals surface area contributed by atoms with Crippen LogP contribution in [0.25, 0.3) is 98.8 Å². The Morgan fingerprint density at radius 2 is 0.796 bits per heavy atom. The third-order valence-electron chi connectivity index (χ3n) is 10.1. The van der Waals surface area contributed by atoms with Gasteiger partial charge in [0.2, 0.25) is 0 Å². The van der Waals surface area contributed by atoms with Gasteiger partial charge in [-0.2, -0.15) is 0 Å². The summed E-state index contributed by atoms with van der Waals surface area (Å²) in [6.07, 6.45) is 0. The Bertz CT molecular complexity index is 2800. The van der Waals surface area contributed by atoms with Crippen molar-refractivity contribution >= 4 is 54.3 Å². The van der Waals surface area contributed by atoms with Crippen LogP contribution in [0.4, 0.5) is 0 Å². The molecule has 0 saturated carbocycles. The first-order valence-electron chi connectivity index (χ1n) is 16.8. The molecule has 1 heteroatoms. The zero-order chi connectivity index (χ0) is 32.3. The fraction of sp³-hybridized carbons (Fsp3) is 0. The quantitative estimate of drug-likeness (QED) is 0.178. The highest BCUT2D eigenvalue weighted by atomic mass is 16.3. The first-order valence-corrected chi connectivity index (χ1v) is 16.8. The van der Waals surface area contributed by atoms with Gasteiger partial charge in [0.25, 0.3) is 0 Å². The minimum atomic E-state index is 0.907. The summed E-state index contributed by atoms with van der Waals surface area (Å²) >= 11 is 0. The molecule has 0 aliphatic rings. The average molecular weight is 623 g/mol. The summed E-state index contributed by atoms with van der Waals surface area (Å²) in [5, 5.41) is 9.67. The zero-order valence-corrected chi connectivity index (χ0v) is 26.7. The Kier molecular flexibility index (Phi) is 6.25. The van der Waals surface area contributed by atoms with Crippen LogP contribution in [0.3, 0.4) is 0 Å². The molecule has 9 aromatic carbocycles. The summed E-state index contributed by atoms with van der Waals surface area (Å²) < 4.78 is 6.39.